The Bertz CT molecular complexity index is 1290. The Balaban J connectivity index is 0.00000142. The smallest absolute Gasteiger partial charge is 0.200 e. The van der Waals surface area contributed by atoms with Gasteiger partial charge in [-0.2, -0.15) is 0 Å². The quantitative estimate of drug-likeness (QED) is 0.0828. The maximum absolute atomic E-state index is 13.2. The third-order valence-electron chi connectivity index (χ3n) is 4.92. The fourth-order valence-corrected chi connectivity index (χ4v) is 3.20. The summed E-state index contributed by atoms with van der Waals surface area (Å²) in [6, 6.07) is 10.9. The molecular formula is C31H40ClN3O4. The summed E-state index contributed by atoms with van der Waals surface area (Å²) in [5.41, 5.74) is 7.74. The lowest BCUT2D eigenvalue weighted by molar-refractivity contribution is 0.145. The molecule has 0 aliphatic heterocycles. The van der Waals surface area contributed by atoms with Crippen molar-refractivity contribution in [3.8, 4) is 24.3 Å². The van der Waals surface area contributed by atoms with Gasteiger partial charge in [-0.15, -0.1) is 19.4 Å². The lowest BCUT2D eigenvalue weighted by Crippen LogP contribution is -2.25. The van der Waals surface area contributed by atoms with Crippen LogP contribution in [0.3, 0.4) is 0 Å². The van der Waals surface area contributed by atoms with Gasteiger partial charge in [0.15, 0.2) is 17.3 Å². The third kappa shape index (κ3) is 11.0. The van der Waals surface area contributed by atoms with Crippen molar-refractivity contribution in [3.63, 3.8) is 0 Å². The van der Waals surface area contributed by atoms with Crippen molar-refractivity contribution in [2.75, 3.05) is 20.8 Å². The maximum Gasteiger partial charge on any atom is 0.200 e. The number of halogens is 1. The molecule has 7 nitrogen and oxygen atoms in total. The van der Waals surface area contributed by atoms with Crippen molar-refractivity contribution in [1.82, 2.24) is 4.57 Å². The zero-order valence-electron chi connectivity index (χ0n) is 23.7. The van der Waals surface area contributed by atoms with E-state index in [4.69, 9.17) is 31.6 Å². The normalized spacial score (nSPS) is 10.2. The molecule has 8 heteroatoms. The summed E-state index contributed by atoms with van der Waals surface area (Å²) in [6.45, 7) is 12.1. The molecule has 0 unspecified atom stereocenters. The van der Waals surface area contributed by atoms with E-state index in [2.05, 4.69) is 24.6 Å². The third-order valence-corrected chi connectivity index (χ3v) is 5.17. The number of pyridine rings is 1. The topological polar surface area (TPSA) is 88.1 Å². The highest BCUT2D eigenvalue weighted by atomic mass is 35.5. The van der Waals surface area contributed by atoms with E-state index in [1.807, 2.05) is 68.7 Å². The number of allylic oxidation sites excluding steroid dienone is 3. The molecule has 0 bridgehead atoms. The lowest BCUT2D eigenvalue weighted by Gasteiger charge is -2.16. The Morgan fingerprint density at radius 3 is 2.10 bits per heavy atom. The predicted octanol–water partition coefficient (Wildman–Crippen LogP) is 6.79. The van der Waals surface area contributed by atoms with E-state index >= 15 is 0 Å². The van der Waals surface area contributed by atoms with Gasteiger partial charge in [-0.3, -0.25) is 4.79 Å². The second-order valence-electron chi connectivity index (χ2n) is 7.74. The number of hydrogen-bond donors (Lipinski definition) is 1. The SMILES string of the molecule is C#C.C/C=C\C.C=CC.CCCO/N=C(\N)c1cn(Cc2ccc(Cl)cc2)c2cc(OC)c(OC)cc2c1=O. The van der Waals surface area contributed by atoms with Gasteiger partial charge in [0.2, 0.25) is 5.43 Å². The van der Waals surface area contributed by atoms with Crippen LogP contribution in [0.4, 0.5) is 0 Å². The molecule has 3 rings (SSSR count). The van der Waals surface area contributed by atoms with E-state index < -0.39 is 0 Å². The number of nitrogens with two attached hydrogens (primary N) is 1. The summed E-state index contributed by atoms with van der Waals surface area (Å²) in [7, 11) is 3.07. The van der Waals surface area contributed by atoms with Gasteiger partial charge >= 0.3 is 0 Å². The van der Waals surface area contributed by atoms with Gasteiger partial charge in [-0.1, -0.05) is 54.0 Å². The minimum absolute atomic E-state index is 0.0231. The Labute approximate surface area is 237 Å². The first-order valence-corrected chi connectivity index (χ1v) is 12.7. The molecule has 0 saturated carbocycles. The summed E-state index contributed by atoms with van der Waals surface area (Å²) in [5.74, 6) is 1.000. The molecule has 1 aromatic heterocycles. The fraction of sp³-hybridized carbons (Fsp3) is 0.290. The standard InChI is InChI=1S/C22H24ClN3O4.C4H8.C3H6.C2H2/c1-4-9-30-25-22(24)17-13-26(12-14-5-7-15(23)8-6-14)18-11-20(29-3)19(28-2)10-16(18)21(17)27;1-3-4-2;1-3-2;1-2/h5-8,10-11,13H,4,9,12H2,1-3H3,(H2,24,25);3-4H,1-2H3;3H,1H2,2H3;1-2H/b;4-3-;;. The van der Waals surface area contributed by atoms with Crippen LogP contribution in [0, 0.1) is 12.8 Å². The van der Waals surface area contributed by atoms with Gasteiger partial charge in [-0.05, 0) is 51.0 Å². The fourth-order valence-electron chi connectivity index (χ4n) is 3.07. The zero-order valence-corrected chi connectivity index (χ0v) is 24.5. The minimum Gasteiger partial charge on any atom is -0.493 e. The predicted molar refractivity (Wildman–Crippen MR) is 165 cm³/mol. The lowest BCUT2D eigenvalue weighted by atomic mass is 10.1. The van der Waals surface area contributed by atoms with Crippen molar-refractivity contribution in [1.29, 1.82) is 0 Å². The monoisotopic (exact) mass is 553 g/mol. The molecule has 0 fully saturated rings. The van der Waals surface area contributed by atoms with Crippen LogP contribution < -0.4 is 20.6 Å². The molecule has 39 heavy (non-hydrogen) atoms. The van der Waals surface area contributed by atoms with Crippen LogP contribution in [0.2, 0.25) is 5.02 Å². The molecule has 2 N–H and O–H groups in total. The molecule has 0 atom stereocenters. The number of nitrogens with zero attached hydrogens (tertiary/aromatic N) is 2. The van der Waals surface area contributed by atoms with E-state index in [-0.39, 0.29) is 16.8 Å². The second kappa shape index (κ2) is 19.9. The number of hydrogen-bond acceptors (Lipinski definition) is 5. The van der Waals surface area contributed by atoms with Gasteiger partial charge in [0.05, 0.1) is 30.7 Å². The van der Waals surface area contributed by atoms with Gasteiger partial charge in [0.25, 0.3) is 0 Å². The number of rotatable bonds is 8. The summed E-state index contributed by atoms with van der Waals surface area (Å²) >= 11 is 6.01. The van der Waals surface area contributed by atoms with E-state index in [1.54, 1.807) is 31.5 Å². The molecule has 2 aromatic carbocycles. The first kappa shape index (κ1) is 34.9. The van der Waals surface area contributed by atoms with E-state index in [1.165, 1.54) is 7.11 Å². The highest BCUT2D eigenvalue weighted by Crippen LogP contribution is 2.31. The Hall–Kier alpha value is -4.15. The summed E-state index contributed by atoms with van der Waals surface area (Å²) in [4.78, 5) is 18.4. The first-order chi connectivity index (χ1) is 18.8. The Morgan fingerprint density at radius 2 is 1.62 bits per heavy atom. The van der Waals surface area contributed by atoms with Crippen LogP contribution in [0.25, 0.3) is 10.9 Å². The molecule has 0 aliphatic carbocycles. The average Bonchev–Trinajstić information content (AvgIpc) is 2.96. The number of amidine groups is 1. The molecule has 1 heterocycles. The maximum atomic E-state index is 13.2. The Morgan fingerprint density at radius 1 is 1.08 bits per heavy atom. The van der Waals surface area contributed by atoms with E-state index in [0.717, 1.165) is 12.0 Å². The molecule has 0 aliphatic rings. The zero-order chi connectivity index (χ0) is 29.8. The van der Waals surface area contributed by atoms with E-state index in [9.17, 15) is 4.79 Å². The second-order valence-corrected chi connectivity index (χ2v) is 8.17. The Kier molecular flexibility index (Phi) is 17.8. The molecule has 0 spiro atoms. The molecule has 0 radical (unpaired) electrons. The highest BCUT2D eigenvalue weighted by Gasteiger charge is 2.16. The van der Waals surface area contributed by atoms with Crippen LogP contribution in [-0.4, -0.2) is 31.2 Å². The number of methoxy groups -OCH3 is 2. The van der Waals surface area contributed by atoms with Gasteiger partial charge in [0, 0.05) is 23.8 Å². The van der Waals surface area contributed by atoms with Crippen molar-refractivity contribution in [2.45, 2.75) is 40.7 Å². The first-order valence-electron chi connectivity index (χ1n) is 12.3. The largest absolute Gasteiger partial charge is 0.493 e. The average molecular weight is 554 g/mol. The molecular weight excluding hydrogens is 514 g/mol. The van der Waals surface area contributed by atoms with Crippen molar-refractivity contribution in [3.05, 3.63) is 93.8 Å². The number of fused-ring (bicyclic) bond motifs is 1. The number of terminal acetylenes is 1. The van der Waals surface area contributed by atoms with Crippen LogP contribution in [-0.2, 0) is 11.4 Å². The van der Waals surface area contributed by atoms with Crippen LogP contribution in [0.15, 0.2) is 77.4 Å². The van der Waals surface area contributed by atoms with Gasteiger partial charge in [-0.25, -0.2) is 0 Å². The van der Waals surface area contributed by atoms with Crippen molar-refractivity contribution in [2.24, 2.45) is 10.9 Å². The van der Waals surface area contributed by atoms with Crippen LogP contribution >= 0.6 is 11.6 Å². The van der Waals surface area contributed by atoms with Gasteiger partial charge < -0.3 is 24.6 Å². The summed E-state index contributed by atoms with van der Waals surface area (Å²) in [6.07, 6.45) is 16.2. The number of aromatic nitrogens is 1. The molecule has 0 saturated heterocycles. The van der Waals surface area contributed by atoms with Gasteiger partial charge in [0.1, 0.15) is 6.61 Å². The minimum atomic E-state index is -0.264. The highest BCUT2D eigenvalue weighted by molar-refractivity contribution is 6.30. The summed E-state index contributed by atoms with van der Waals surface area (Å²) < 4.78 is 12.7. The molecule has 3 aromatic rings. The number of ether oxygens (including phenoxy) is 2. The number of oxime groups is 1. The molecule has 210 valence electrons. The van der Waals surface area contributed by atoms with Crippen molar-refractivity contribution >= 4 is 28.3 Å². The number of benzene rings is 2. The summed E-state index contributed by atoms with van der Waals surface area (Å²) in [5, 5.41) is 4.99. The van der Waals surface area contributed by atoms with Crippen LogP contribution in [0.1, 0.15) is 45.2 Å². The van der Waals surface area contributed by atoms with E-state index in [0.29, 0.717) is 40.6 Å². The molecule has 0 amide bonds. The van der Waals surface area contributed by atoms with Crippen molar-refractivity contribution < 1.29 is 14.3 Å². The van der Waals surface area contributed by atoms with Crippen LogP contribution in [0.5, 0.6) is 11.5 Å².